The fraction of sp³-hybridized carbons (Fsp3) is 0.278. The molecule has 0 saturated heterocycles. The van der Waals surface area contributed by atoms with Crippen LogP contribution in [0, 0.1) is 5.82 Å². The zero-order valence-corrected chi connectivity index (χ0v) is 16.2. The molecule has 130 valence electrons. The molecule has 0 unspecified atom stereocenters. The van der Waals surface area contributed by atoms with Crippen molar-refractivity contribution in [1.29, 1.82) is 0 Å². The van der Waals surface area contributed by atoms with Crippen molar-refractivity contribution in [2.45, 2.75) is 19.8 Å². The van der Waals surface area contributed by atoms with E-state index < -0.39 is 0 Å². The number of guanidine groups is 1. The molecule has 0 saturated carbocycles. The Labute approximate surface area is 159 Å². The van der Waals surface area contributed by atoms with Gasteiger partial charge in [0.1, 0.15) is 18.2 Å². The number of nitrogens with zero attached hydrogens (tertiary/aromatic N) is 1. The van der Waals surface area contributed by atoms with Crippen LogP contribution >= 0.6 is 24.0 Å². The van der Waals surface area contributed by atoms with Gasteiger partial charge in [0, 0.05) is 11.8 Å². The molecule has 0 radical (unpaired) electrons. The molecule has 2 aromatic carbocycles. The molecule has 2 rings (SSSR count). The average molecular weight is 443 g/mol. The van der Waals surface area contributed by atoms with Crippen LogP contribution in [-0.4, -0.2) is 19.1 Å². The number of halogens is 2. The molecular weight excluding hydrogens is 420 g/mol. The summed E-state index contributed by atoms with van der Waals surface area (Å²) >= 11 is 0. The van der Waals surface area contributed by atoms with E-state index in [0.29, 0.717) is 30.8 Å². The summed E-state index contributed by atoms with van der Waals surface area (Å²) in [5.41, 5.74) is 8.00. The van der Waals surface area contributed by atoms with Gasteiger partial charge >= 0.3 is 0 Å². The van der Waals surface area contributed by atoms with Gasteiger partial charge in [-0.15, -0.1) is 24.0 Å². The van der Waals surface area contributed by atoms with Crippen LogP contribution in [0.3, 0.4) is 0 Å². The highest BCUT2D eigenvalue weighted by Gasteiger charge is 2.01. The van der Waals surface area contributed by atoms with Crippen molar-refractivity contribution in [3.05, 3.63) is 59.9 Å². The summed E-state index contributed by atoms with van der Waals surface area (Å²) in [5.74, 6) is 0.942. The van der Waals surface area contributed by atoms with Crippen LogP contribution in [0.25, 0.3) is 0 Å². The zero-order valence-electron chi connectivity index (χ0n) is 13.8. The largest absolute Gasteiger partial charge is 0.492 e. The number of nitrogens with two attached hydrogens (primary N) is 1. The van der Waals surface area contributed by atoms with Crippen LogP contribution < -0.4 is 15.8 Å². The molecule has 0 spiro atoms. The van der Waals surface area contributed by atoms with Gasteiger partial charge in [0.15, 0.2) is 5.96 Å². The summed E-state index contributed by atoms with van der Waals surface area (Å²) < 4.78 is 18.4. The molecule has 4 nitrogen and oxygen atoms in total. The molecule has 24 heavy (non-hydrogen) atoms. The van der Waals surface area contributed by atoms with E-state index in [1.165, 1.54) is 17.7 Å². The Hall–Kier alpha value is -1.83. The van der Waals surface area contributed by atoms with Gasteiger partial charge in [-0.1, -0.05) is 32.0 Å². The summed E-state index contributed by atoms with van der Waals surface area (Å²) in [7, 11) is 0. The van der Waals surface area contributed by atoms with Crippen molar-refractivity contribution in [1.82, 2.24) is 0 Å². The minimum Gasteiger partial charge on any atom is -0.492 e. The average Bonchev–Trinajstić information content (AvgIpc) is 2.52. The maximum absolute atomic E-state index is 13.0. The minimum atomic E-state index is -0.322. The van der Waals surface area contributed by atoms with E-state index in [1.54, 1.807) is 12.1 Å². The first-order valence-electron chi connectivity index (χ1n) is 7.60. The second-order valence-corrected chi connectivity index (χ2v) is 5.48. The van der Waals surface area contributed by atoms with Crippen molar-refractivity contribution in [2.75, 3.05) is 18.5 Å². The Morgan fingerprint density at radius 2 is 1.96 bits per heavy atom. The maximum atomic E-state index is 13.0. The molecule has 0 aliphatic carbocycles. The molecule has 0 fully saturated rings. The normalized spacial score (nSPS) is 11.1. The maximum Gasteiger partial charge on any atom is 0.193 e. The molecule has 2 aromatic rings. The van der Waals surface area contributed by atoms with Crippen LogP contribution in [-0.2, 0) is 0 Å². The number of aliphatic imine (C=N–C) groups is 1. The molecule has 0 aliphatic rings. The SMILES string of the molecule is CC(C)c1cccc(NC(N)=NCCOc2cccc(F)c2)c1.I. The number of hydrogen-bond acceptors (Lipinski definition) is 2. The van der Waals surface area contributed by atoms with E-state index in [1.807, 2.05) is 12.1 Å². The van der Waals surface area contributed by atoms with Gasteiger partial charge in [0.25, 0.3) is 0 Å². The van der Waals surface area contributed by atoms with Crippen molar-refractivity contribution >= 4 is 35.6 Å². The van der Waals surface area contributed by atoms with Crippen LogP contribution in [0.1, 0.15) is 25.3 Å². The van der Waals surface area contributed by atoms with Crippen LogP contribution in [0.2, 0.25) is 0 Å². The highest BCUT2D eigenvalue weighted by atomic mass is 127. The Morgan fingerprint density at radius 3 is 2.67 bits per heavy atom. The Balaban J connectivity index is 0.00000288. The first-order valence-corrected chi connectivity index (χ1v) is 7.60. The molecule has 0 bridgehead atoms. The first-order chi connectivity index (χ1) is 11.0. The summed E-state index contributed by atoms with van der Waals surface area (Å²) in [5, 5.41) is 3.06. The lowest BCUT2D eigenvalue weighted by molar-refractivity contribution is 0.327. The standard InChI is InChI=1S/C18H22FN3O.HI/c1-13(2)14-5-3-7-16(11-14)22-18(20)21-9-10-23-17-8-4-6-15(19)12-17;/h3-8,11-13H,9-10H2,1-2H3,(H3,20,21,22);1H. The first kappa shape index (κ1) is 20.2. The lowest BCUT2D eigenvalue weighted by Crippen LogP contribution is -2.23. The van der Waals surface area contributed by atoms with E-state index in [9.17, 15) is 4.39 Å². The second kappa shape index (κ2) is 10.1. The minimum absolute atomic E-state index is 0. The molecular formula is C18H23FIN3O. The van der Waals surface area contributed by atoms with Crippen molar-refractivity contribution in [3.8, 4) is 5.75 Å². The second-order valence-electron chi connectivity index (χ2n) is 5.48. The van der Waals surface area contributed by atoms with Gasteiger partial charge in [0.05, 0.1) is 6.54 Å². The smallest absolute Gasteiger partial charge is 0.193 e. The van der Waals surface area contributed by atoms with Crippen molar-refractivity contribution in [2.24, 2.45) is 10.7 Å². The van der Waals surface area contributed by atoms with E-state index in [0.717, 1.165) is 5.69 Å². The third kappa shape index (κ3) is 6.74. The molecule has 0 atom stereocenters. The topological polar surface area (TPSA) is 59.6 Å². The molecule has 0 aliphatic heterocycles. The number of benzene rings is 2. The summed E-state index contributed by atoms with van der Waals surface area (Å²) in [6, 6.07) is 14.1. The van der Waals surface area contributed by atoms with E-state index in [4.69, 9.17) is 10.5 Å². The fourth-order valence-corrected chi connectivity index (χ4v) is 2.05. The lowest BCUT2D eigenvalue weighted by atomic mass is 10.0. The quantitative estimate of drug-likeness (QED) is 0.302. The van der Waals surface area contributed by atoms with Gasteiger partial charge in [-0.05, 0) is 35.7 Å². The van der Waals surface area contributed by atoms with Gasteiger partial charge in [-0.3, -0.25) is 0 Å². The van der Waals surface area contributed by atoms with Gasteiger partial charge in [0.2, 0.25) is 0 Å². The Morgan fingerprint density at radius 1 is 1.21 bits per heavy atom. The van der Waals surface area contributed by atoms with Crippen LogP contribution in [0.5, 0.6) is 5.75 Å². The molecule has 0 amide bonds. The molecule has 0 heterocycles. The third-order valence-corrected chi connectivity index (χ3v) is 3.26. The van der Waals surface area contributed by atoms with Crippen LogP contribution in [0.4, 0.5) is 10.1 Å². The van der Waals surface area contributed by atoms with E-state index >= 15 is 0 Å². The van der Waals surface area contributed by atoms with Gasteiger partial charge < -0.3 is 15.8 Å². The monoisotopic (exact) mass is 443 g/mol. The van der Waals surface area contributed by atoms with Crippen LogP contribution in [0.15, 0.2) is 53.5 Å². The summed E-state index contributed by atoms with van der Waals surface area (Å²) in [6.45, 7) is 5.00. The highest BCUT2D eigenvalue weighted by Crippen LogP contribution is 2.18. The number of rotatable bonds is 6. The van der Waals surface area contributed by atoms with E-state index in [-0.39, 0.29) is 29.8 Å². The predicted molar refractivity (Wildman–Crippen MR) is 108 cm³/mol. The third-order valence-electron chi connectivity index (χ3n) is 3.26. The highest BCUT2D eigenvalue weighted by molar-refractivity contribution is 14.0. The van der Waals surface area contributed by atoms with Crippen molar-refractivity contribution < 1.29 is 9.13 Å². The number of ether oxygens (including phenoxy) is 1. The van der Waals surface area contributed by atoms with Gasteiger partial charge in [-0.25, -0.2) is 9.38 Å². The Bertz CT molecular complexity index is 677. The fourth-order valence-electron chi connectivity index (χ4n) is 2.05. The number of nitrogens with one attached hydrogen (secondary N) is 1. The predicted octanol–water partition coefficient (Wildman–Crippen LogP) is 4.37. The van der Waals surface area contributed by atoms with E-state index in [2.05, 4.69) is 36.3 Å². The lowest BCUT2D eigenvalue weighted by Gasteiger charge is -2.10. The van der Waals surface area contributed by atoms with Crippen molar-refractivity contribution in [3.63, 3.8) is 0 Å². The number of anilines is 1. The van der Waals surface area contributed by atoms with Gasteiger partial charge in [-0.2, -0.15) is 0 Å². The Kier molecular flexibility index (Phi) is 8.53. The molecule has 3 N–H and O–H groups in total. The molecule has 0 aromatic heterocycles. The number of hydrogen-bond donors (Lipinski definition) is 2. The summed E-state index contributed by atoms with van der Waals surface area (Å²) in [6.07, 6.45) is 0. The molecule has 6 heteroatoms. The zero-order chi connectivity index (χ0) is 16.7. The summed E-state index contributed by atoms with van der Waals surface area (Å²) in [4.78, 5) is 4.20.